The van der Waals surface area contributed by atoms with Crippen LogP contribution in [0.15, 0.2) is 0 Å². The molecule has 0 radical (unpaired) electrons. The van der Waals surface area contributed by atoms with E-state index in [9.17, 15) is 43.2 Å². The number of ether oxygens (including phenoxy) is 4. The van der Waals surface area contributed by atoms with Crippen molar-refractivity contribution in [2.24, 2.45) is 17.8 Å². The van der Waals surface area contributed by atoms with Crippen LogP contribution >= 0.6 is 15.6 Å². The SMILES string of the molecule is CCCCCCCCCCCCCCCCCCCCC(=O)O[C@H](COC(=O)CCCCCCCCCCCCCCCCC(C)C)COP(=O)(O)OC[C@@H](O)COP(=O)(O)OC[C@@H](COC(=O)CCCCCCCCC(C)C)OC(=O)CCCCCCCCCCCCC(C)CC. The lowest BCUT2D eigenvalue weighted by Gasteiger charge is -2.21. The van der Waals surface area contributed by atoms with E-state index in [2.05, 4.69) is 48.5 Å². The first-order chi connectivity index (χ1) is 47.3. The first-order valence-corrected chi connectivity index (χ1v) is 43.9. The largest absolute Gasteiger partial charge is 0.472 e. The fourth-order valence-corrected chi connectivity index (χ4v) is 13.7. The topological polar surface area (TPSA) is 237 Å². The van der Waals surface area contributed by atoms with E-state index in [1.807, 2.05) is 0 Å². The van der Waals surface area contributed by atoms with Crippen molar-refractivity contribution in [3.8, 4) is 0 Å². The maximum absolute atomic E-state index is 13.1. The number of aliphatic hydroxyl groups is 1. The smallest absolute Gasteiger partial charge is 0.462 e. The molecule has 0 aliphatic carbocycles. The van der Waals surface area contributed by atoms with Crippen LogP contribution in [0.25, 0.3) is 0 Å². The number of carbonyl (C=O) groups is 4. The zero-order chi connectivity index (χ0) is 72.3. The standard InChI is InChI=1S/C79H154O17P2/c1-8-10-11-12-13-14-15-16-17-18-19-20-25-28-34-39-48-55-62-78(83)95-74(66-89-76(81)60-53-46-38-33-27-24-22-21-23-26-31-36-43-50-57-70(3)4)68-93-97(85,86)91-64-73(80)65-92-98(87,88)94-69-75(67-90-77(82)61-54-47-42-41-44-51-58-71(5)6)96-79(84)63-56-49-40-35-30-29-32-37-45-52-59-72(7)9-2/h70-75,80H,8-69H2,1-7H3,(H,85,86)(H,87,88)/t72?,73-,74-,75-/m1/s1. The van der Waals surface area contributed by atoms with Crippen LogP contribution in [-0.4, -0.2) is 96.7 Å². The van der Waals surface area contributed by atoms with Gasteiger partial charge in [0.2, 0.25) is 0 Å². The first-order valence-electron chi connectivity index (χ1n) is 40.9. The van der Waals surface area contributed by atoms with Gasteiger partial charge >= 0.3 is 39.5 Å². The van der Waals surface area contributed by atoms with E-state index in [1.54, 1.807) is 0 Å². The molecule has 3 N–H and O–H groups in total. The average molecular weight is 1440 g/mol. The van der Waals surface area contributed by atoms with E-state index in [1.165, 1.54) is 212 Å². The normalized spacial score (nSPS) is 14.3. The molecule has 0 aliphatic rings. The summed E-state index contributed by atoms with van der Waals surface area (Å²) >= 11 is 0. The Labute approximate surface area is 600 Å². The van der Waals surface area contributed by atoms with Gasteiger partial charge in [-0.25, -0.2) is 9.13 Å². The highest BCUT2D eigenvalue weighted by Crippen LogP contribution is 2.45. The number of hydrogen-bond donors (Lipinski definition) is 3. The van der Waals surface area contributed by atoms with E-state index in [0.29, 0.717) is 31.6 Å². The van der Waals surface area contributed by atoms with E-state index in [4.69, 9.17) is 37.0 Å². The zero-order valence-corrected chi connectivity index (χ0v) is 66.0. The van der Waals surface area contributed by atoms with Crippen LogP contribution in [0.3, 0.4) is 0 Å². The number of rotatable bonds is 77. The van der Waals surface area contributed by atoms with Gasteiger partial charge in [0.15, 0.2) is 12.2 Å². The Morgan fingerprint density at radius 1 is 0.296 bits per heavy atom. The molecule has 3 unspecified atom stereocenters. The minimum absolute atomic E-state index is 0.105. The molecule has 0 aromatic heterocycles. The predicted molar refractivity (Wildman–Crippen MR) is 400 cm³/mol. The average Bonchev–Trinajstić information content (AvgIpc) is 1.03. The van der Waals surface area contributed by atoms with Gasteiger partial charge < -0.3 is 33.8 Å². The molecule has 0 bridgehead atoms. The van der Waals surface area contributed by atoms with Gasteiger partial charge in [0.05, 0.1) is 26.4 Å². The van der Waals surface area contributed by atoms with Crippen molar-refractivity contribution in [1.29, 1.82) is 0 Å². The van der Waals surface area contributed by atoms with Gasteiger partial charge in [0, 0.05) is 25.7 Å². The molecule has 0 heterocycles. The van der Waals surface area contributed by atoms with Crippen LogP contribution < -0.4 is 0 Å². The number of carbonyl (C=O) groups excluding carboxylic acids is 4. The molecule has 0 spiro atoms. The molecule has 0 aromatic rings. The third-order valence-electron chi connectivity index (χ3n) is 18.7. The molecular weight excluding hydrogens is 1280 g/mol. The third kappa shape index (κ3) is 71.1. The molecule has 582 valence electrons. The summed E-state index contributed by atoms with van der Waals surface area (Å²) in [6.07, 6.45) is 57.0. The minimum atomic E-state index is -4.96. The highest BCUT2D eigenvalue weighted by Gasteiger charge is 2.30. The number of phosphoric acid groups is 2. The van der Waals surface area contributed by atoms with Crippen molar-refractivity contribution in [3.63, 3.8) is 0 Å². The Hall–Kier alpha value is -1.94. The first kappa shape index (κ1) is 96.1. The van der Waals surface area contributed by atoms with Crippen molar-refractivity contribution in [1.82, 2.24) is 0 Å². The number of aliphatic hydroxyl groups excluding tert-OH is 1. The predicted octanol–water partition coefficient (Wildman–Crippen LogP) is 23.4. The summed E-state index contributed by atoms with van der Waals surface area (Å²) in [4.78, 5) is 72.9. The number of esters is 4. The van der Waals surface area contributed by atoms with Crippen LogP contribution in [0.5, 0.6) is 0 Å². The van der Waals surface area contributed by atoms with Crippen molar-refractivity contribution in [2.75, 3.05) is 39.6 Å². The second-order valence-corrected chi connectivity index (χ2v) is 32.6. The van der Waals surface area contributed by atoms with Gasteiger partial charge in [-0.2, -0.15) is 0 Å². The summed E-state index contributed by atoms with van der Waals surface area (Å²) in [6.45, 7) is 11.9. The number of hydrogen-bond acceptors (Lipinski definition) is 15. The monoisotopic (exact) mass is 1440 g/mol. The molecule has 0 aliphatic heterocycles. The van der Waals surface area contributed by atoms with E-state index >= 15 is 0 Å². The maximum atomic E-state index is 13.1. The fraction of sp³-hybridized carbons (Fsp3) is 0.949. The number of phosphoric ester groups is 2. The Kier molecular flexibility index (Phi) is 68.1. The Morgan fingerprint density at radius 2 is 0.520 bits per heavy atom. The molecule has 0 aromatic carbocycles. The van der Waals surface area contributed by atoms with Crippen molar-refractivity contribution in [3.05, 3.63) is 0 Å². The molecule has 19 heteroatoms. The molecule has 6 atom stereocenters. The summed E-state index contributed by atoms with van der Waals surface area (Å²) in [7, 11) is -9.92. The van der Waals surface area contributed by atoms with Crippen LogP contribution in [0.2, 0.25) is 0 Å². The highest BCUT2D eigenvalue weighted by molar-refractivity contribution is 7.47. The zero-order valence-electron chi connectivity index (χ0n) is 64.3. The Morgan fingerprint density at radius 3 is 0.776 bits per heavy atom. The minimum Gasteiger partial charge on any atom is -0.462 e. The van der Waals surface area contributed by atoms with Crippen LogP contribution in [-0.2, 0) is 65.4 Å². The summed E-state index contributed by atoms with van der Waals surface area (Å²) in [5.74, 6) is 0.166. The fourth-order valence-electron chi connectivity index (χ4n) is 12.1. The summed E-state index contributed by atoms with van der Waals surface area (Å²) in [5.41, 5.74) is 0. The second kappa shape index (κ2) is 69.4. The summed E-state index contributed by atoms with van der Waals surface area (Å²) < 4.78 is 68.6. The molecule has 17 nitrogen and oxygen atoms in total. The molecule has 0 saturated carbocycles. The van der Waals surface area contributed by atoms with Gasteiger partial charge in [0.25, 0.3) is 0 Å². The summed E-state index contributed by atoms with van der Waals surface area (Å²) in [5, 5.41) is 10.6. The molecule has 0 amide bonds. The number of unbranched alkanes of at least 4 members (excludes halogenated alkanes) is 44. The third-order valence-corrected chi connectivity index (χ3v) is 20.6. The van der Waals surface area contributed by atoms with Gasteiger partial charge in [0.1, 0.15) is 19.3 Å². The lowest BCUT2D eigenvalue weighted by atomic mass is 9.99. The van der Waals surface area contributed by atoms with Crippen LogP contribution in [0, 0.1) is 17.8 Å². The molecule has 0 saturated heterocycles. The Balaban J connectivity index is 5.24. The van der Waals surface area contributed by atoms with Crippen LogP contribution in [0.4, 0.5) is 0 Å². The van der Waals surface area contributed by atoms with E-state index in [0.717, 1.165) is 108 Å². The van der Waals surface area contributed by atoms with Crippen molar-refractivity contribution >= 4 is 39.5 Å². The van der Waals surface area contributed by atoms with Gasteiger partial charge in [-0.1, -0.05) is 357 Å². The lowest BCUT2D eigenvalue weighted by molar-refractivity contribution is -0.161. The summed E-state index contributed by atoms with van der Waals surface area (Å²) in [6, 6.07) is 0. The Bertz CT molecular complexity index is 1910. The van der Waals surface area contributed by atoms with E-state index < -0.39 is 97.5 Å². The highest BCUT2D eigenvalue weighted by atomic mass is 31.2. The quantitative estimate of drug-likeness (QED) is 0.0222. The second-order valence-electron chi connectivity index (χ2n) is 29.6. The van der Waals surface area contributed by atoms with E-state index in [-0.39, 0.29) is 25.7 Å². The van der Waals surface area contributed by atoms with Gasteiger partial charge in [-0.3, -0.25) is 37.3 Å². The maximum Gasteiger partial charge on any atom is 0.472 e. The molecule has 0 rings (SSSR count). The van der Waals surface area contributed by atoms with Gasteiger partial charge in [-0.05, 0) is 43.4 Å². The molecule has 98 heavy (non-hydrogen) atoms. The molecular formula is C79H154O17P2. The lowest BCUT2D eigenvalue weighted by Crippen LogP contribution is -2.30. The molecule has 0 fully saturated rings. The van der Waals surface area contributed by atoms with Crippen molar-refractivity contribution < 1.29 is 80.2 Å². The van der Waals surface area contributed by atoms with Crippen molar-refractivity contribution in [2.45, 2.75) is 426 Å². The van der Waals surface area contributed by atoms with Gasteiger partial charge in [-0.15, -0.1) is 0 Å². The van der Waals surface area contributed by atoms with Crippen LogP contribution in [0.1, 0.15) is 408 Å².